The molecule has 0 radical (unpaired) electrons. The quantitative estimate of drug-likeness (QED) is 0.560. The second-order valence-electron chi connectivity index (χ2n) is 6.75. The lowest BCUT2D eigenvalue weighted by atomic mass is 10.00. The molecular weight excluding hydrogens is 354 g/mol. The molecule has 1 aromatic carbocycles. The van der Waals surface area contributed by atoms with Crippen LogP contribution >= 0.6 is 0 Å². The predicted molar refractivity (Wildman–Crippen MR) is 95.2 cm³/mol. The molecule has 1 aliphatic heterocycles. The Kier molecular flexibility index (Phi) is 7.32. The first kappa shape index (κ1) is 20.9. The summed E-state index contributed by atoms with van der Waals surface area (Å²) < 4.78 is 10.6. The summed E-state index contributed by atoms with van der Waals surface area (Å²) in [5.74, 6) is -4.16. The van der Waals surface area contributed by atoms with Gasteiger partial charge in [0.1, 0.15) is 6.04 Å². The van der Waals surface area contributed by atoms with Crippen LogP contribution in [-0.2, 0) is 19.1 Å². The van der Waals surface area contributed by atoms with Gasteiger partial charge in [-0.2, -0.15) is 0 Å². The van der Waals surface area contributed by atoms with Crippen LogP contribution in [0.15, 0.2) is 30.3 Å². The fourth-order valence-electron chi connectivity index (χ4n) is 2.80. The second-order valence-corrected chi connectivity index (χ2v) is 6.75. The van der Waals surface area contributed by atoms with Gasteiger partial charge >= 0.3 is 11.9 Å². The molecule has 0 bridgehead atoms. The molecule has 1 fully saturated rings. The van der Waals surface area contributed by atoms with Crippen LogP contribution in [0.25, 0.3) is 0 Å². The molecule has 1 saturated heterocycles. The number of amides is 1. The first-order valence-corrected chi connectivity index (χ1v) is 8.92. The van der Waals surface area contributed by atoms with Crippen LogP contribution in [-0.4, -0.2) is 53.1 Å². The Labute approximate surface area is 157 Å². The number of benzene rings is 1. The third-order valence-electron chi connectivity index (χ3n) is 4.57. The van der Waals surface area contributed by atoms with Crippen molar-refractivity contribution < 1.29 is 34.1 Å². The van der Waals surface area contributed by atoms with Crippen molar-refractivity contribution in [3.05, 3.63) is 35.9 Å². The van der Waals surface area contributed by atoms with Gasteiger partial charge in [-0.1, -0.05) is 31.0 Å². The normalized spacial score (nSPS) is 23.4. The van der Waals surface area contributed by atoms with E-state index in [2.05, 4.69) is 5.32 Å². The van der Waals surface area contributed by atoms with Crippen LogP contribution < -0.4 is 5.32 Å². The summed E-state index contributed by atoms with van der Waals surface area (Å²) in [4.78, 5) is 34.5. The lowest BCUT2D eigenvalue weighted by Crippen LogP contribution is -2.47. The van der Waals surface area contributed by atoms with E-state index >= 15 is 0 Å². The van der Waals surface area contributed by atoms with Gasteiger partial charge in [0.25, 0.3) is 11.7 Å². The molecule has 1 atom stereocenters. The van der Waals surface area contributed by atoms with Gasteiger partial charge in [0.05, 0.1) is 13.2 Å². The lowest BCUT2D eigenvalue weighted by Gasteiger charge is -2.34. The van der Waals surface area contributed by atoms with Gasteiger partial charge in [-0.05, 0) is 25.0 Å². The molecule has 8 heteroatoms. The van der Waals surface area contributed by atoms with Gasteiger partial charge in [-0.25, -0.2) is 9.59 Å². The van der Waals surface area contributed by atoms with E-state index in [4.69, 9.17) is 14.6 Å². The fourth-order valence-corrected chi connectivity index (χ4v) is 2.80. The summed E-state index contributed by atoms with van der Waals surface area (Å²) >= 11 is 0. The number of rotatable bonds is 9. The molecule has 27 heavy (non-hydrogen) atoms. The Bertz CT molecular complexity index is 653. The number of ether oxygens (including phenoxy) is 2. The number of unbranched alkanes of at least 4 members (excludes halogenated alkanes) is 1. The van der Waals surface area contributed by atoms with E-state index in [0.29, 0.717) is 18.4 Å². The minimum absolute atomic E-state index is 0.0691. The summed E-state index contributed by atoms with van der Waals surface area (Å²) in [6.07, 6.45) is 2.38. The second kappa shape index (κ2) is 9.48. The topological polar surface area (TPSA) is 122 Å². The Hall–Kier alpha value is -2.45. The summed E-state index contributed by atoms with van der Waals surface area (Å²) in [5, 5.41) is 20.9. The van der Waals surface area contributed by atoms with Crippen LogP contribution in [0, 0.1) is 5.92 Å². The predicted octanol–water partition coefficient (Wildman–Crippen LogP) is 1.89. The number of hydrogen-bond donors (Lipinski definition) is 3. The van der Waals surface area contributed by atoms with E-state index in [9.17, 15) is 19.5 Å². The maximum absolute atomic E-state index is 12.1. The van der Waals surface area contributed by atoms with Gasteiger partial charge in [0, 0.05) is 18.4 Å². The van der Waals surface area contributed by atoms with E-state index in [1.165, 1.54) is 6.92 Å². The van der Waals surface area contributed by atoms with Crippen LogP contribution in [0.4, 0.5) is 0 Å². The van der Waals surface area contributed by atoms with Crippen LogP contribution in [0.2, 0.25) is 0 Å². The summed E-state index contributed by atoms with van der Waals surface area (Å²) in [5.41, 5.74) is 0.418. The molecule has 1 aliphatic rings. The molecule has 1 heterocycles. The van der Waals surface area contributed by atoms with E-state index in [-0.39, 0.29) is 19.1 Å². The minimum atomic E-state index is -1.59. The van der Waals surface area contributed by atoms with Crippen molar-refractivity contribution in [2.24, 2.45) is 5.92 Å². The average molecular weight is 379 g/mol. The zero-order valence-electron chi connectivity index (χ0n) is 15.2. The Morgan fingerprint density at radius 1 is 1.15 bits per heavy atom. The number of carboxylic acids is 2. The molecule has 1 aromatic rings. The van der Waals surface area contributed by atoms with E-state index < -0.39 is 29.7 Å². The minimum Gasteiger partial charge on any atom is -0.480 e. The highest BCUT2D eigenvalue weighted by molar-refractivity contribution is 5.96. The Morgan fingerprint density at radius 2 is 1.78 bits per heavy atom. The van der Waals surface area contributed by atoms with Crippen molar-refractivity contribution in [1.29, 1.82) is 0 Å². The van der Waals surface area contributed by atoms with Crippen molar-refractivity contribution in [3.8, 4) is 0 Å². The highest BCUT2D eigenvalue weighted by atomic mass is 16.7. The fraction of sp³-hybridized carbons (Fsp3) is 0.526. The Morgan fingerprint density at radius 3 is 2.33 bits per heavy atom. The number of hydrogen-bond acceptors (Lipinski definition) is 5. The van der Waals surface area contributed by atoms with Crippen LogP contribution in [0.1, 0.15) is 43.0 Å². The monoisotopic (exact) mass is 379 g/mol. The highest BCUT2D eigenvalue weighted by Crippen LogP contribution is 2.24. The van der Waals surface area contributed by atoms with Gasteiger partial charge in [0.2, 0.25) is 0 Å². The van der Waals surface area contributed by atoms with Crippen LogP contribution in [0.5, 0.6) is 0 Å². The third-order valence-corrected chi connectivity index (χ3v) is 4.57. The molecular formula is C19H25NO7. The lowest BCUT2D eigenvalue weighted by molar-refractivity contribution is -0.271. The first-order chi connectivity index (χ1) is 12.8. The smallest absolute Gasteiger partial charge is 0.364 e. The number of carbonyl (C=O) groups excluding carboxylic acids is 1. The molecule has 1 amide bonds. The molecule has 8 nitrogen and oxygen atoms in total. The van der Waals surface area contributed by atoms with Gasteiger partial charge < -0.3 is 25.0 Å². The van der Waals surface area contributed by atoms with Gasteiger partial charge in [0.15, 0.2) is 0 Å². The third kappa shape index (κ3) is 6.04. The molecule has 2 rings (SSSR count). The summed E-state index contributed by atoms with van der Waals surface area (Å²) in [6, 6.07) is 7.52. The zero-order valence-corrected chi connectivity index (χ0v) is 15.2. The standard InChI is InChI=1S/C19H25NO7/c1-19(18(24)25)26-11-13(12-27-19)7-5-6-10-15(17(22)23)20-16(21)14-8-3-2-4-9-14/h2-4,8-9,13,15H,5-7,10-12H2,1H3,(H,20,21)(H,22,23)(H,24,25)/t13-,15?,19+. The summed E-state index contributed by atoms with van der Waals surface area (Å²) in [6.45, 7) is 1.95. The van der Waals surface area contributed by atoms with Crippen molar-refractivity contribution in [2.45, 2.75) is 44.4 Å². The largest absolute Gasteiger partial charge is 0.480 e. The van der Waals surface area contributed by atoms with Crippen molar-refractivity contribution in [2.75, 3.05) is 13.2 Å². The zero-order chi connectivity index (χ0) is 19.9. The van der Waals surface area contributed by atoms with E-state index in [1.807, 2.05) is 0 Å². The van der Waals surface area contributed by atoms with E-state index in [1.54, 1.807) is 30.3 Å². The SMILES string of the molecule is C[C@]1(C(=O)O)OC[C@@H](CCCCC(NC(=O)c2ccccc2)C(=O)O)CO1. The molecule has 148 valence electrons. The van der Waals surface area contributed by atoms with Gasteiger partial charge in [-0.3, -0.25) is 4.79 Å². The summed E-state index contributed by atoms with van der Waals surface area (Å²) in [7, 11) is 0. The number of carboxylic acid groups (broad SMARTS) is 2. The number of aliphatic carboxylic acids is 2. The van der Waals surface area contributed by atoms with Gasteiger partial charge in [-0.15, -0.1) is 0 Å². The molecule has 0 aromatic heterocycles. The highest BCUT2D eigenvalue weighted by Gasteiger charge is 2.40. The number of nitrogens with one attached hydrogen (secondary N) is 1. The van der Waals surface area contributed by atoms with Crippen molar-refractivity contribution >= 4 is 17.8 Å². The Balaban J connectivity index is 1.72. The molecule has 0 saturated carbocycles. The maximum Gasteiger partial charge on any atom is 0.364 e. The van der Waals surface area contributed by atoms with Crippen molar-refractivity contribution in [3.63, 3.8) is 0 Å². The van der Waals surface area contributed by atoms with Crippen molar-refractivity contribution in [1.82, 2.24) is 5.32 Å². The first-order valence-electron chi connectivity index (χ1n) is 8.92. The molecule has 0 aliphatic carbocycles. The molecule has 0 spiro atoms. The molecule has 1 unspecified atom stereocenters. The average Bonchev–Trinajstić information content (AvgIpc) is 2.66. The van der Waals surface area contributed by atoms with E-state index in [0.717, 1.165) is 12.8 Å². The van der Waals surface area contributed by atoms with Crippen LogP contribution in [0.3, 0.4) is 0 Å². The maximum atomic E-state index is 12.1. The number of carbonyl (C=O) groups is 3. The molecule has 3 N–H and O–H groups in total.